The van der Waals surface area contributed by atoms with E-state index in [0.29, 0.717) is 5.41 Å². The number of benzene rings is 1. The van der Waals surface area contributed by atoms with Gasteiger partial charge in [-0.05, 0) is 42.7 Å². The Morgan fingerprint density at radius 2 is 2.21 bits per heavy atom. The lowest BCUT2D eigenvalue weighted by atomic mass is 10.0. The number of fused-ring (bicyclic) bond motifs is 1. The lowest BCUT2D eigenvalue weighted by molar-refractivity contribution is -0.120. The monoisotopic (exact) mass is 339 g/mol. The molecule has 1 aromatic carbocycles. The van der Waals surface area contributed by atoms with Gasteiger partial charge in [-0.15, -0.1) is 11.8 Å². The molecule has 2 aliphatic rings. The number of thioether (sulfide) groups is 1. The summed E-state index contributed by atoms with van der Waals surface area (Å²) < 4.78 is 0. The van der Waals surface area contributed by atoms with Crippen LogP contribution in [0.4, 0.5) is 0 Å². The molecule has 2 nitrogen and oxygen atoms in total. The van der Waals surface area contributed by atoms with Crippen LogP contribution in [-0.4, -0.2) is 23.0 Å². The third-order valence-electron chi connectivity index (χ3n) is 4.16. The van der Waals surface area contributed by atoms with E-state index in [1.165, 1.54) is 29.7 Å². The first kappa shape index (κ1) is 13.5. The molecule has 0 spiro atoms. The summed E-state index contributed by atoms with van der Waals surface area (Å²) in [5.41, 5.74) is 1.71. The van der Waals surface area contributed by atoms with Crippen molar-refractivity contribution in [3.63, 3.8) is 0 Å². The van der Waals surface area contributed by atoms with Crippen LogP contribution in [0.25, 0.3) is 0 Å². The zero-order chi connectivity index (χ0) is 13.3. The molecule has 1 fully saturated rings. The van der Waals surface area contributed by atoms with E-state index in [9.17, 15) is 4.79 Å². The molecular weight excluding hydrogens is 322 g/mol. The van der Waals surface area contributed by atoms with E-state index in [2.05, 4.69) is 39.4 Å². The molecule has 0 radical (unpaired) electrons. The van der Waals surface area contributed by atoms with Crippen LogP contribution in [0.15, 0.2) is 29.2 Å². The minimum absolute atomic E-state index is 0.0668. The van der Waals surface area contributed by atoms with Crippen LogP contribution >= 0.6 is 27.7 Å². The molecule has 1 heterocycles. The number of nitrogens with one attached hydrogen (secondary N) is 1. The van der Waals surface area contributed by atoms with Gasteiger partial charge < -0.3 is 5.32 Å². The van der Waals surface area contributed by atoms with Crippen molar-refractivity contribution in [2.75, 3.05) is 11.9 Å². The van der Waals surface area contributed by atoms with E-state index in [1.807, 2.05) is 6.07 Å². The highest BCUT2D eigenvalue weighted by Gasteiger charge is 2.42. The fourth-order valence-corrected chi connectivity index (χ4v) is 4.67. The van der Waals surface area contributed by atoms with Crippen molar-refractivity contribution >= 4 is 33.6 Å². The molecule has 1 N–H and O–H groups in total. The molecular formula is C15H18BrNOS. The van der Waals surface area contributed by atoms with Gasteiger partial charge in [0, 0.05) is 16.8 Å². The molecule has 1 aromatic rings. The Kier molecular flexibility index (Phi) is 3.90. The van der Waals surface area contributed by atoms with Crippen molar-refractivity contribution < 1.29 is 4.79 Å². The third-order valence-corrected chi connectivity index (χ3v) is 5.87. The normalized spacial score (nSPS) is 22.9. The Morgan fingerprint density at radius 1 is 1.42 bits per heavy atom. The molecule has 19 heavy (non-hydrogen) atoms. The first-order valence-electron chi connectivity index (χ1n) is 6.81. The minimum Gasteiger partial charge on any atom is -0.355 e. The number of alkyl halides is 1. The van der Waals surface area contributed by atoms with Gasteiger partial charge in [0.25, 0.3) is 0 Å². The first-order valence-corrected chi connectivity index (χ1v) is 8.81. The van der Waals surface area contributed by atoms with Gasteiger partial charge >= 0.3 is 0 Å². The van der Waals surface area contributed by atoms with Gasteiger partial charge in [0.1, 0.15) is 0 Å². The molecule has 1 atom stereocenters. The molecule has 0 bridgehead atoms. The van der Waals surface area contributed by atoms with Crippen LogP contribution in [0.2, 0.25) is 0 Å². The van der Waals surface area contributed by atoms with E-state index < -0.39 is 0 Å². The Morgan fingerprint density at radius 3 is 2.89 bits per heavy atom. The zero-order valence-corrected chi connectivity index (χ0v) is 13.2. The molecule has 0 aromatic heterocycles. The Bertz CT molecular complexity index is 462. The molecule has 0 saturated heterocycles. The van der Waals surface area contributed by atoms with Crippen LogP contribution < -0.4 is 5.32 Å². The topological polar surface area (TPSA) is 29.1 Å². The number of carbonyl (C=O) groups excluding carboxylic acids is 1. The van der Waals surface area contributed by atoms with E-state index in [-0.39, 0.29) is 11.2 Å². The van der Waals surface area contributed by atoms with Crippen molar-refractivity contribution in [2.45, 2.75) is 35.8 Å². The highest BCUT2D eigenvalue weighted by molar-refractivity contribution is 9.09. The van der Waals surface area contributed by atoms with Crippen molar-refractivity contribution in [3.8, 4) is 0 Å². The number of carbonyl (C=O) groups is 1. The molecule has 1 aliphatic heterocycles. The summed E-state index contributed by atoms with van der Waals surface area (Å²) in [6, 6.07) is 8.33. The SMILES string of the molecule is O=C(NCC1(CCBr)CC1)C1Cc2ccccc2S1. The Hall–Kier alpha value is -0.480. The van der Waals surface area contributed by atoms with Crippen LogP contribution in [0.1, 0.15) is 24.8 Å². The van der Waals surface area contributed by atoms with Gasteiger partial charge in [-0.2, -0.15) is 0 Å². The molecule has 1 saturated carbocycles. The maximum atomic E-state index is 12.2. The largest absolute Gasteiger partial charge is 0.355 e. The standard InChI is InChI=1S/C15H18BrNOS/c16-8-7-15(5-6-15)10-17-14(18)13-9-11-3-1-2-4-12(11)19-13/h1-4,13H,5-10H2,(H,17,18). The second-order valence-corrected chi connectivity index (χ2v) is 7.61. The molecule has 1 aliphatic carbocycles. The van der Waals surface area contributed by atoms with Gasteiger partial charge in [-0.1, -0.05) is 34.1 Å². The molecule has 3 rings (SSSR count). The quantitative estimate of drug-likeness (QED) is 0.833. The second-order valence-electron chi connectivity index (χ2n) is 5.58. The van der Waals surface area contributed by atoms with Gasteiger partial charge in [-0.25, -0.2) is 0 Å². The van der Waals surface area contributed by atoms with Gasteiger partial charge in [0.15, 0.2) is 0 Å². The minimum atomic E-state index is 0.0668. The summed E-state index contributed by atoms with van der Waals surface area (Å²) >= 11 is 5.21. The van der Waals surface area contributed by atoms with Gasteiger partial charge in [-0.3, -0.25) is 4.79 Å². The predicted molar refractivity (Wildman–Crippen MR) is 82.9 cm³/mol. The van der Waals surface area contributed by atoms with E-state index in [1.54, 1.807) is 11.8 Å². The summed E-state index contributed by atoms with van der Waals surface area (Å²) in [4.78, 5) is 13.5. The lowest BCUT2D eigenvalue weighted by Gasteiger charge is -2.16. The maximum absolute atomic E-state index is 12.2. The number of halogens is 1. The number of amides is 1. The van der Waals surface area contributed by atoms with Crippen LogP contribution in [-0.2, 0) is 11.2 Å². The number of rotatable bonds is 5. The van der Waals surface area contributed by atoms with Crippen LogP contribution in [0, 0.1) is 5.41 Å². The lowest BCUT2D eigenvalue weighted by Crippen LogP contribution is -2.36. The van der Waals surface area contributed by atoms with E-state index in [0.717, 1.165) is 18.3 Å². The zero-order valence-electron chi connectivity index (χ0n) is 10.8. The highest BCUT2D eigenvalue weighted by atomic mass is 79.9. The Balaban J connectivity index is 1.53. The summed E-state index contributed by atoms with van der Waals surface area (Å²) in [7, 11) is 0. The predicted octanol–water partition coefficient (Wildman–Crippen LogP) is 3.38. The summed E-state index contributed by atoms with van der Waals surface area (Å²) in [5.74, 6) is 0.210. The Labute approximate surface area is 126 Å². The van der Waals surface area contributed by atoms with Crippen LogP contribution in [0.3, 0.4) is 0 Å². The van der Waals surface area contributed by atoms with Crippen LogP contribution in [0.5, 0.6) is 0 Å². The number of hydrogen-bond acceptors (Lipinski definition) is 2. The van der Waals surface area contributed by atoms with Crippen molar-refractivity contribution in [3.05, 3.63) is 29.8 Å². The van der Waals surface area contributed by atoms with E-state index in [4.69, 9.17) is 0 Å². The smallest absolute Gasteiger partial charge is 0.233 e. The first-order chi connectivity index (χ1) is 9.22. The van der Waals surface area contributed by atoms with Crippen molar-refractivity contribution in [1.29, 1.82) is 0 Å². The molecule has 102 valence electrons. The number of hydrogen-bond donors (Lipinski definition) is 1. The molecule has 1 unspecified atom stereocenters. The molecule has 4 heteroatoms. The summed E-state index contributed by atoms with van der Waals surface area (Å²) in [5, 5.41) is 4.27. The van der Waals surface area contributed by atoms with Crippen molar-refractivity contribution in [2.24, 2.45) is 5.41 Å². The van der Waals surface area contributed by atoms with E-state index >= 15 is 0 Å². The van der Waals surface area contributed by atoms with Crippen molar-refractivity contribution in [1.82, 2.24) is 5.32 Å². The fraction of sp³-hybridized carbons (Fsp3) is 0.533. The maximum Gasteiger partial charge on any atom is 0.233 e. The van der Waals surface area contributed by atoms with Gasteiger partial charge in [0.2, 0.25) is 5.91 Å². The average Bonchev–Trinajstić information content (AvgIpc) is 3.04. The highest BCUT2D eigenvalue weighted by Crippen LogP contribution is 2.48. The third kappa shape index (κ3) is 3.00. The summed E-state index contributed by atoms with van der Waals surface area (Å²) in [6.45, 7) is 0.852. The fourth-order valence-electron chi connectivity index (χ4n) is 2.61. The average molecular weight is 340 g/mol. The summed E-state index contributed by atoms with van der Waals surface area (Å²) in [6.07, 6.45) is 4.57. The second kappa shape index (κ2) is 5.49. The van der Waals surface area contributed by atoms with Gasteiger partial charge in [0.05, 0.1) is 5.25 Å². The molecule has 1 amide bonds.